The lowest BCUT2D eigenvalue weighted by atomic mass is 10.1. The second kappa shape index (κ2) is 9.62. The third-order valence-electron chi connectivity index (χ3n) is 6.68. The number of carbonyl (C=O) groups excluding carboxylic acids is 1. The van der Waals surface area contributed by atoms with E-state index in [1.807, 2.05) is 78.6 Å². The topological polar surface area (TPSA) is 67.5 Å². The van der Waals surface area contributed by atoms with Gasteiger partial charge in [-0.2, -0.15) is 0 Å². The molecule has 35 heavy (non-hydrogen) atoms. The predicted octanol–water partition coefficient (Wildman–Crippen LogP) is 3.19. The highest BCUT2D eigenvalue weighted by molar-refractivity contribution is 5.94. The summed E-state index contributed by atoms with van der Waals surface area (Å²) in [5, 5.41) is 0. The Hall–Kier alpha value is -4.13. The van der Waals surface area contributed by atoms with Crippen molar-refractivity contribution in [3.63, 3.8) is 0 Å². The van der Waals surface area contributed by atoms with E-state index in [-0.39, 0.29) is 12.5 Å². The van der Waals surface area contributed by atoms with Gasteiger partial charge in [0.15, 0.2) is 0 Å². The first kappa shape index (κ1) is 22.7. The lowest BCUT2D eigenvalue weighted by Gasteiger charge is -2.36. The van der Waals surface area contributed by atoms with Gasteiger partial charge in [0.2, 0.25) is 0 Å². The van der Waals surface area contributed by atoms with Crippen LogP contribution < -0.4 is 16.0 Å². The van der Waals surface area contributed by atoms with Crippen LogP contribution in [0, 0.1) is 0 Å². The van der Waals surface area contributed by atoms with Crippen molar-refractivity contribution >= 4 is 22.6 Å². The van der Waals surface area contributed by atoms with E-state index in [0.29, 0.717) is 25.2 Å². The number of piperazine rings is 1. The Morgan fingerprint density at radius 3 is 1.91 bits per heavy atom. The van der Waals surface area contributed by atoms with Crippen molar-refractivity contribution in [1.82, 2.24) is 14.0 Å². The van der Waals surface area contributed by atoms with Crippen molar-refractivity contribution < 1.29 is 4.79 Å². The lowest BCUT2D eigenvalue weighted by molar-refractivity contribution is 0.0747. The molecular formula is C28H28N4O3. The van der Waals surface area contributed by atoms with Gasteiger partial charge >= 0.3 is 11.1 Å². The maximum atomic E-state index is 13.1. The van der Waals surface area contributed by atoms with Crippen LogP contribution in [0.4, 0.5) is 5.69 Å². The monoisotopic (exact) mass is 468 g/mol. The van der Waals surface area contributed by atoms with Crippen molar-refractivity contribution in [2.75, 3.05) is 31.1 Å². The molecule has 7 nitrogen and oxygen atoms in total. The number of carbonyl (C=O) groups is 1. The van der Waals surface area contributed by atoms with E-state index in [1.165, 1.54) is 14.8 Å². The minimum Gasteiger partial charge on any atom is -0.368 e. The molecular weight excluding hydrogens is 440 g/mol. The number of benzene rings is 3. The summed E-state index contributed by atoms with van der Waals surface area (Å²) in [5.41, 5.74) is 3.06. The van der Waals surface area contributed by atoms with E-state index < -0.39 is 11.1 Å². The first-order valence-corrected chi connectivity index (χ1v) is 12.0. The zero-order valence-corrected chi connectivity index (χ0v) is 19.8. The summed E-state index contributed by atoms with van der Waals surface area (Å²) in [5.74, 6) is 0.0115. The van der Waals surface area contributed by atoms with Crippen LogP contribution in [0.1, 0.15) is 22.8 Å². The van der Waals surface area contributed by atoms with Crippen LogP contribution in [-0.4, -0.2) is 46.1 Å². The summed E-state index contributed by atoms with van der Waals surface area (Å²) in [6.07, 6.45) is 0. The minimum atomic E-state index is -0.540. The number of rotatable bonds is 5. The number of aromatic nitrogens is 2. The van der Waals surface area contributed by atoms with Gasteiger partial charge in [0.25, 0.3) is 5.91 Å². The number of aryl methyl sites for hydroxylation is 1. The van der Waals surface area contributed by atoms with Gasteiger partial charge in [-0.05, 0) is 48.9 Å². The molecule has 1 amide bonds. The molecule has 4 aromatic rings. The van der Waals surface area contributed by atoms with Gasteiger partial charge in [0, 0.05) is 44.0 Å². The normalized spacial score (nSPS) is 13.9. The molecule has 1 saturated heterocycles. The lowest BCUT2D eigenvalue weighted by Crippen LogP contribution is -2.48. The Morgan fingerprint density at radius 2 is 1.29 bits per heavy atom. The molecule has 178 valence electrons. The average Bonchev–Trinajstić information content (AvgIpc) is 2.92. The molecule has 2 heterocycles. The summed E-state index contributed by atoms with van der Waals surface area (Å²) in [7, 11) is 0. The van der Waals surface area contributed by atoms with Gasteiger partial charge in [0.05, 0.1) is 17.6 Å². The number of nitrogens with zero attached hydrogens (tertiary/aromatic N) is 4. The maximum absolute atomic E-state index is 13.1. The highest BCUT2D eigenvalue weighted by Gasteiger charge is 2.22. The summed E-state index contributed by atoms with van der Waals surface area (Å²) in [4.78, 5) is 42.7. The summed E-state index contributed by atoms with van der Waals surface area (Å²) >= 11 is 0. The van der Waals surface area contributed by atoms with Crippen LogP contribution in [-0.2, 0) is 13.1 Å². The number of hydrogen-bond donors (Lipinski definition) is 0. The zero-order chi connectivity index (χ0) is 24.4. The van der Waals surface area contributed by atoms with Gasteiger partial charge in [-0.15, -0.1) is 0 Å². The third kappa shape index (κ3) is 4.37. The molecule has 0 unspecified atom stereocenters. The summed E-state index contributed by atoms with van der Waals surface area (Å²) in [6.45, 7) is 5.50. The number of para-hydroxylation sites is 3. The second-order valence-electron chi connectivity index (χ2n) is 8.74. The number of hydrogen-bond acceptors (Lipinski definition) is 4. The zero-order valence-electron chi connectivity index (χ0n) is 19.8. The van der Waals surface area contributed by atoms with Crippen LogP contribution in [0.5, 0.6) is 0 Å². The standard InChI is InChI=1S/C28H28N4O3/c1-2-31-24-10-6-7-11-25(24)32(28(35)27(31)34)20-21-12-14-22(15-13-21)26(33)30-18-16-29(17-19-30)23-8-4-3-5-9-23/h3-15H,2,16-20H2,1H3. The van der Waals surface area contributed by atoms with Crippen LogP contribution in [0.15, 0.2) is 88.5 Å². The van der Waals surface area contributed by atoms with Gasteiger partial charge in [-0.1, -0.05) is 42.5 Å². The van der Waals surface area contributed by atoms with Gasteiger partial charge in [-0.25, -0.2) is 0 Å². The number of fused-ring (bicyclic) bond motifs is 1. The van der Waals surface area contributed by atoms with Gasteiger partial charge in [-0.3, -0.25) is 19.0 Å². The molecule has 0 aliphatic carbocycles. The fourth-order valence-electron chi connectivity index (χ4n) is 4.77. The Kier molecular flexibility index (Phi) is 6.23. The van der Waals surface area contributed by atoms with E-state index in [1.54, 1.807) is 0 Å². The van der Waals surface area contributed by atoms with E-state index in [4.69, 9.17) is 0 Å². The Labute approximate surface area is 203 Å². The van der Waals surface area contributed by atoms with Crippen LogP contribution >= 0.6 is 0 Å². The fraction of sp³-hybridized carbons (Fsp3) is 0.250. The molecule has 5 rings (SSSR count). The van der Waals surface area contributed by atoms with Crippen molar-refractivity contribution in [1.29, 1.82) is 0 Å². The molecule has 0 atom stereocenters. The quantitative estimate of drug-likeness (QED) is 0.422. The first-order valence-electron chi connectivity index (χ1n) is 12.0. The Bertz CT molecular complexity index is 1460. The van der Waals surface area contributed by atoms with E-state index in [9.17, 15) is 14.4 Å². The molecule has 1 aliphatic heterocycles. The van der Waals surface area contributed by atoms with E-state index >= 15 is 0 Å². The summed E-state index contributed by atoms with van der Waals surface area (Å²) in [6, 6.07) is 25.0. The molecule has 0 bridgehead atoms. The van der Waals surface area contributed by atoms with Crippen molar-refractivity contribution in [2.45, 2.75) is 20.0 Å². The van der Waals surface area contributed by atoms with Crippen LogP contribution in [0.2, 0.25) is 0 Å². The first-order chi connectivity index (χ1) is 17.1. The summed E-state index contributed by atoms with van der Waals surface area (Å²) < 4.78 is 3.02. The molecule has 1 aliphatic rings. The Balaban J connectivity index is 1.32. The molecule has 0 spiro atoms. The highest BCUT2D eigenvalue weighted by atomic mass is 16.2. The molecule has 0 N–H and O–H groups in total. The molecule has 7 heteroatoms. The second-order valence-corrected chi connectivity index (χ2v) is 8.74. The van der Waals surface area contributed by atoms with E-state index in [2.05, 4.69) is 17.0 Å². The van der Waals surface area contributed by atoms with Crippen molar-refractivity contribution in [3.8, 4) is 0 Å². The molecule has 0 saturated carbocycles. The average molecular weight is 469 g/mol. The largest absolute Gasteiger partial charge is 0.368 e. The predicted molar refractivity (Wildman–Crippen MR) is 138 cm³/mol. The Morgan fingerprint density at radius 1 is 0.714 bits per heavy atom. The third-order valence-corrected chi connectivity index (χ3v) is 6.68. The van der Waals surface area contributed by atoms with Gasteiger partial charge in [0.1, 0.15) is 0 Å². The minimum absolute atomic E-state index is 0.0115. The molecule has 1 aromatic heterocycles. The van der Waals surface area contributed by atoms with E-state index in [0.717, 1.165) is 29.7 Å². The van der Waals surface area contributed by atoms with Crippen molar-refractivity contribution in [3.05, 3.63) is 111 Å². The molecule has 3 aromatic carbocycles. The smallest absolute Gasteiger partial charge is 0.317 e. The van der Waals surface area contributed by atoms with Crippen LogP contribution in [0.3, 0.4) is 0 Å². The fourth-order valence-corrected chi connectivity index (χ4v) is 4.77. The molecule has 0 radical (unpaired) electrons. The molecule has 1 fully saturated rings. The number of anilines is 1. The number of amides is 1. The van der Waals surface area contributed by atoms with Crippen molar-refractivity contribution in [2.24, 2.45) is 0 Å². The highest BCUT2D eigenvalue weighted by Crippen LogP contribution is 2.18. The van der Waals surface area contributed by atoms with Gasteiger partial charge < -0.3 is 14.4 Å². The SMILES string of the molecule is CCn1c(=O)c(=O)n(Cc2ccc(C(=O)N3CCN(c4ccccc4)CC3)cc2)c2ccccc21. The van der Waals surface area contributed by atoms with Crippen LogP contribution in [0.25, 0.3) is 11.0 Å². The maximum Gasteiger partial charge on any atom is 0.317 e.